The molecule has 0 amide bonds. The number of benzene rings is 1. The van der Waals surface area contributed by atoms with Gasteiger partial charge in [-0.05, 0) is 37.6 Å². The Bertz CT molecular complexity index is 1470. The van der Waals surface area contributed by atoms with Crippen molar-refractivity contribution in [2.24, 2.45) is 0 Å². The summed E-state index contributed by atoms with van der Waals surface area (Å²) in [5, 5.41) is 21.9. The molecular formula is C24H21F4N5O3. The van der Waals surface area contributed by atoms with E-state index in [0.29, 0.717) is 11.1 Å². The number of fused-ring (bicyclic) bond motifs is 1. The van der Waals surface area contributed by atoms with Crippen LogP contribution >= 0.6 is 0 Å². The fourth-order valence-corrected chi connectivity index (χ4v) is 4.28. The summed E-state index contributed by atoms with van der Waals surface area (Å²) < 4.78 is 56.4. The van der Waals surface area contributed by atoms with Crippen LogP contribution in [-0.2, 0) is 0 Å². The number of pyridine rings is 1. The number of piperidine rings is 1. The molecule has 0 radical (unpaired) electrons. The van der Waals surface area contributed by atoms with E-state index in [1.807, 2.05) is 6.07 Å². The van der Waals surface area contributed by atoms with E-state index in [1.165, 1.54) is 11.1 Å². The van der Waals surface area contributed by atoms with Crippen molar-refractivity contribution in [2.75, 3.05) is 23.3 Å². The van der Waals surface area contributed by atoms with Gasteiger partial charge in [0.1, 0.15) is 17.3 Å². The van der Waals surface area contributed by atoms with Gasteiger partial charge in [-0.3, -0.25) is 9.20 Å². The fourth-order valence-electron chi connectivity index (χ4n) is 4.28. The van der Waals surface area contributed by atoms with Crippen LogP contribution in [0, 0.1) is 29.9 Å². The van der Waals surface area contributed by atoms with Crippen LogP contribution in [0.3, 0.4) is 0 Å². The van der Waals surface area contributed by atoms with Crippen LogP contribution in [0.4, 0.5) is 29.1 Å². The Morgan fingerprint density at radius 1 is 1.28 bits per heavy atom. The first kappa shape index (κ1) is 25.0. The van der Waals surface area contributed by atoms with E-state index >= 15 is 0 Å². The number of carboxylic acids is 1. The average Bonchev–Trinajstić information content (AvgIpc) is 2.81. The molecule has 8 nitrogen and oxygen atoms in total. The SMILES string of the molecule is Cc1cc([C@@H](C)Nc2ccc(F)c(F)c2C(=O)O)c2nc(N3CCC(F)(F)CC3)c(C#N)c(=O)n2c1. The lowest BCUT2D eigenvalue weighted by Crippen LogP contribution is -2.41. The molecule has 1 atom stereocenters. The predicted molar refractivity (Wildman–Crippen MR) is 123 cm³/mol. The molecule has 0 saturated carbocycles. The highest BCUT2D eigenvalue weighted by atomic mass is 19.3. The average molecular weight is 503 g/mol. The number of carbonyl (C=O) groups is 1. The Balaban J connectivity index is 1.85. The van der Waals surface area contributed by atoms with Crippen molar-refractivity contribution >= 4 is 23.1 Å². The Hall–Kier alpha value is -4.14. The van der Waals surface area contributed by atoms with E-state index < -0.39 is 53.5 Å². The Labute approximate surface area is 202 Å². The maximum atomic E-state index is 14.2. The molecule has 0 aliphatic carbocycles. The van der Waals surface area contributed by atoms with Crippen LogP contribution in [-0.4, -0.2) is 39.5 Å². The lowest BCUT2D eigenvalue weighted by atomic mass is 10.0. The quantitative estimate of drug-likeness (QED) is 0.501. The fraction of sp³-hybridized carbons (Fsp3) is 0.333. The Morgan fingerprint density at radius 2 is 1.94 bits per heavy atom. The van der Waals surface area contributed by atoms with E-state index in [-0.39, 0.29) is 35.8 Å². The second-order valence-corrected chi connectivity index (χ2v) is 8.69. The van der Waals surface area contributed by atoms with Gasteiger partial charge in [0.25, 0.3) is 11.5 Å². The van der Waals surface area contributed by atoms with E-state index in [9.17, 15) is 37.5 Å². The van der Waals surface area contributed by atoms with Gasteiger partial charge in [-0.1, -0.05) is 0 Å². The van der Waals surface area contributed by atoms with Crippen LogP contribution in [0.25, 0.3) is 5.65 Å². The number of halogens is 4. The maximum absolute atomic E-state index is 14.2. The van der Waals surface area contributed by atoms with E-state index in [2.05, 4.69) is 10.3 Å². The number of hydrogen-bond donors (Lipinski definition) is 2. The molecule has 3 heterocycles. The third-order valence-electron chi connectivity index (χ3n) is 6.12. The van der Waals surface area contributed by atoms with Gasteiger partial charge < -0.3 is 15.3 Å². The van der Waals surface area contributed by atoms with Gasteiger partial charge in [0, 0.05) is 37.7 Å². The van der Waals surface area contributed by atoms with Gasteiger partial charge >= 0.3 is 5.97 Å². The Kier molecular flexibility index (Phi) is 6.34. The predicted octanol–water partition coefficient (Wildman–Crippen LogP) is 4.26. The highest BCUT2D eigenvalue weighted by molar-refractivity contribution is 5.94. The molecule has 1 saturated heterocycles. The van der Waals surface area contributed by atoms with E-state index in [1.54, 1.807) is 19.9 Å². The van der Waals surface area contributed by atoms with Crippen molar-refractivity contribution in [3.8, 4) is 6.07 Å². The number of nitrogens with zero attached hydrogens (tertiary/aromatic N) is 4. The van der Waals surface area contributed by atoms with Gasteiger partial charge in [-0.15, -0.1) is 0 Å². The molecular weight excluding hydrogens is 482 g/mol. The smallest absolute Gasteiger partial charge is 0.340 e. The molecule has 0 bridgehead atoms. The monoisotopic (exact) mass is 503 g/mol. The molecule has 0 spiro atoms. The summed E-state index contributed by atoms with van der Waals surface area (Å²) in [7, 11) is 0. The number of anilines is 2. The summed E-state index contributed by atoms with van der Waals surface area (Å²) in [6, 6.07) is 4.61. The summed E-state index contributed by atoms with van der Waals surface area (Å²) in [5.74, 6) is -7.38. The largest absolute Gasteiger partial charge is 0.478 e. The van der Waals surface area contributed by atoms with Gasteiger partial charge in [0.05, 0.1) is 11.7 Å². The molecule has 1 aliphatic rings. The van der Waals surface area contributed by atoms with Crippen molar-refractivity contribution in [1.29, 1.82) is 5.26 Å². The van der Waals surface area contributed by atoms with Crippen molar-refractivity contribution in [2.45, 2.75) is 38.7 Å². The molecule has 3 aromatic rings. The van der Waals surface area contributed by atoms with Crippen LogP contribution in [0.2, 0.25) is 0 Å². The molecule has 1 aliphatic heterocycles. The highest BCUT2D eigenvalue weighted by Crippen LogP contribution is 2.32. The molecule has 12 heteroatoms. The standard InChI is InChI=1S/C24H21F4N5O3/c1-12-9-14(13(2)30-17-4-3-16(25)19(26)18(17)23(35)36)21-31-20(15(10-29)22(34)33(21)11-12)32-7-5-24(27,28)6-8-32/h3-4,9,11,13,30H,5-8H2,1-2H3,(H,35,36)/t13-/m1/s1. The minimum absolute atomic E-state index is 0.0191. The molecule has 188 valence electrons. The highest BCUT2D eigenvalue weighted by Gasteiger charge is 2.36. The zero-order chi connectivity index (χ0) is 26.4. The third kappa shape index (κ3) is 4.44. The van der Waals surface area contributed by atoms with Gasteiger partial charge in [-0.25, -0.2) is 27.3 Å². The number of hydrogen-bond acceptors (Lipinski definition) is 6. The normalized spacial score (nSPS) is 16.0. The summed E-state index contributed by atoms with van der Waals surface area (Å²) in [6.07, 6.45) is 0.563. The maximum Gasteiger partial charge on any atom is 0.340 e. The number of aromatic nitrogens is 2. The lowest BCUT2D eigenvalue weighted by Gasteiger charge is -2.33. The van der Waals surface area contributed by atoms with Gasteiger partial charge in [0.15, 0.2) is 23.0 Å². The molecule has 1 fully saturated rings. The van der Waals surface area contributed by atoms with Crippen LogP contribution in [0.15, 0.2) is 29.2 Å². The van der Waals surface area contributed by atoms with Gasteiger partial charge in [0.2, 0.25) is 0 Å². The summed E-state index contributed by atoms with van der Waals surface area (Å²) in [6.45, 7) is 3.09. The number of alkyl halides is 2. The second kappa shape index (κ2) is 9.14. The summed E-state index contributed by atoms with van der Waals surface area (Å²) >= 11 is 0. The minimum atomic E-state index is -2.85. The summed E-state index contributed by atoms with van der Waals surface area (Å²) in [5.41, 5.74) is -0.950. The second-order valence-electron chi connectivity index (χ2n) is 8.69. The first-order valence-corrected chi connectivity index (χ1v) is 11.0. The van der Waals surface area contributed by atoms with E-state index in [0.717, 1.165) is 16.5 Å². The van der Waals surface area contributed by atoms with Crippen LogP contribution in [0.5, 0.6) is 0 Å². The van der Waals surface area contributed by atoms with Crippen molar-refractivity contribution in [3.63, 3.8) is 0 Å². The van der Waals surface area contributed by atoms with Gasteiger partial charge in [-0.2, -0.15) is 5.26 Å². The Morgan fingerprint density at radius 3 is 2.56 bits per heavy atom. The number of rotatable bonds is 5. The molecule has 4 rings (SSSR count). The molecule has 0 unspecified atom stereocenters. The van der Waals surface area contributed by atoms with Crippen molar-refractivity contribution in [3.05, 3.63) is 68.6 Å². The minimum Gasteiger partial charge on any atom is -0.478 e. The number of nitriles is 1. The summed E-state index contributed by atoms with van der Waals surface area (Å²) in [4.78, 5) is 30.7. The van der Waals surface area contributed by atoms with Crippen molar-refractivity contribution < 1.29 is 27.5 Å². The zero-order valence-electron chi connectivity index (χ0n) is 19.3. The van der Waals surface area contributed by atoms with E-state index in [4.69, 9.17) is 0 Å². The molecule has 2 N–H and O–H groups in total. The topological polar surface area (TPSA) is 111 Å². The molecule has 2 aromatic heterocycles. The van der Waals surface area contributed by atoms with Crippen LogP contribution < -0.4 is 15.8 Å². The number of nitrogens with one attached hydrogen (secondary N) is 1. The number of carboxylic acid groups (broad SMARTS) is 1. The zero-order valence-corrected chi connectivity index (χ0v) is 19.3. The van der Waals surface area contributed by atoms with Crippen molar-refractivity contribution in [1.82, 2.24) is 9.38 Å². The third-order valence-corrected chi connectivity index (χ3v) is 6.12. The van der Waals surface area contributed by atoms with Crippen LogP contribution in [0.1, 0.15) is 52.9 Å². The lowest BCUT2D eigenvalue weighted by molar-refractivity contribution is -0.0221. The molecule has 1 aromatic carbocycles. The number of aromatic carboxylic acids is 1. The first-order chi connectivity index (χ1) is 16.9. The molecule has 36 heavy (non-hydrogen) atoms. The number of aryl methyl sites for hydroxylation is 1. The first-order valence-electron chi connectivity index (χ1n) is 11.0.